The van der Waals surface area contributed by atoms with Crippen LogP contribution in [0.2, 0.25) is 0 Å². The van der Waals surface area contributed by atoms with Gasteiger partial charge in [0.2, 0.25) is 11.8 Å². The van der Waals surface area contributed by atoms with E-state index in [1.807, 2.05) is 0 Å². The van der Waals surface area contributed by atoms with Gasteiger partial charge in [0.25, 0.3) is 0 Å². The lowest BCUT2D eigenvalue weighted by atomic mass is 10.2. The van der Waals surface area contributed by atoms with Gasteiger partial charge in [-0.15, -0.1) is 0 Å². The van der Waals surface area contributed by atoms with Gasteiger partial charge in [0, 0.05) is 38.3 Å². The molecule has 1 aromatic carbocycles. The van der Waals surface area contributed by atoms with E-state index in [1.165, 1.54) is 0 Å². The van der Waals surface area contributed by atoms with Gasteiger partial charge in [0.05, 0.1) is 0 Å². The molecule has 0 fully saturated rings. The second-order valence-electron chi connectivity index (χ2n) is 4.26. The molecule has 0 saturated carbocycles. The molecule has 0 atom stereocenters. The zero-order chi connectivity index (χ0) is 13.5. The second kappa shape index (κ2) is 6.64. The van der Waals surface area contributed by atoms with Crippen molar-refractivity contribution in [3.63, 3.8) is 0 Å². The van der Waals surface area contributed by atoms with E-state index in [1.54, 1.807) is 43.3 Å². The van der Waals surface area contributed by atoms with Crippen molar-refractivity contribution in [2.24, 2.45) is 5.73 Å². The van der Waals surface area contributed by atoms with Crippen LogP contribution in [0.1, 0.15) is 23.2 Å². The molecule has 1 rings (SSSR count). The Labute approximate surface area is 107 Å². The number of hydrogen-bond acceptors (Lipinski definition) is 3. The summed E-state index contributed by atoms with van der Waals surface area (Å²) in [6.07, 6.45) is 1.30. The van der Waals surface area contributed by atoms with Crippen molar-refractivity contribution in [3.05, 3.63) is 29.8 Å². The van der Waals surface area contributed by atoms with Crippen molar-refractivity contribution in [1.29, 1.82) is 0 Å². The van der Waals surface area contributed by atoms with Crippen LogP contribution >= 0.6 is 0 Å². The Hall–Kier alpha value is -2.04. The van der Waals surface area contributed by atoms with E-state index < -0.39 is 5.91 Å². The van der Waals surface area contributed by atoms with Crippen molar-refractivity contribution < 1.29 is 9.59 Å². The van der Waals surface area contributed by atoms with Crippen LogP contribution < -0.4 is 11.1 Å². The van der Waals surface area contributed by atoms with Gasteiger partial charge in [0.15, 0.2) is 0 Å². The lowest BCUT2D eigenvalue weighted by molar-refractivity contribution is -0.128. The maximum atomic E-state index is 11.3. The molecule has 0 unspecified atom stereocenters. The summed E-state index contributed by atoms with van der Waals surface area (Å²) in [6, 6.07) is 6.95. The van der Waals surface area contributed by atoms with Crippen LogP contribution in [0.25, 0.3) is 0 Å². The molecular weight excluding hydrogens is 230 g/mol. The molecule has 0 aliphatic carbocycles. The van der Waals surface area contributed by atoms with E-state index in [-0.39, 0.29) is 5.91 Å². The Morgan fingerprint density at radius 2 is 1.83 bits per heavy atom. The van der Waals surface area contributed by atoms with Crippen LogP contribution in [0.3, 0.4) is 0 Å². The summed E-state index contributed by atoms with van der Waals surface area (Å²) < 4.78 is 0. The van der Waals surface area contributed by atoms with E-state index in [9.17, 15) is 9.59 Å². The summed E-state index contributed by atoms with van der Waals surface area (Å²) in [6.45, 7) is 0.718. The first-order chi connectivity index (χ1) is 8.50. The van der Waals surface area contributed by atoms with Crippen LogP contribution in [0.4, 0.5) is 5.69 Å². The minimum Gasteiger partial charge on any atom is -0.385 e. The van der Waals surface area contributed by atoms with Gasteiger partial charge >= 0.3 is 0 Å². The summed E-state index contributed by atoms with van der Waals surface area (Å²) in [5.74, 6) is -0.306. The minimum atomic E-state index is -0.432. The fraction of sp³-hybridized carbons (Fsp3) is 0.385. The minimum absolute atomic E-state index is 0.126. The molecule has 5 heteroatoms. The van der Waals surface area contributed by atoms with Gasteiger partial charge in [-0.25, -0.2) is 0 Å². The lowest BCUT2D eigenvalue weighted by Crippen LogP contribution is -2.22. The number of primary amides is 1. The molecule has 0 aliphatic heterocycles. The van der Waals surface area contributed by atoms with Crippen LogP contribution in [0.5, 0.6) is 0 Å². The number of nitrogens with zero attached hydrogens (tertiary/aromatic N) is 1. The third kappa shape index (κ3) is 4.45. The van der Waals surface area contributed by atoms with Gasteiger partial charge in [-0.1, -0.05) is 0 Å². The molecule has 0 bridgehead atoms. The number of amides is 2. The number of hydrogen-bond donors (Lipinski definition) is 2. The molecule has 98 valence electrons. The first-order valence-corrected chi connectivity index (χ1v) is 5.84. The summed E-state index contributed by atoms with van der Waals surface area (Å²) >= 11 is 0. The van der Waals surface area contributed by atoms with Gasteiger partial charge in [0.1, 0.15) is 0 Å². The van der Waals surface area contributed by atoms with Crippen molar-refractivity contribution in [2.75, 3.05) is 26.0 Å². The van der Waals surface area contributed by atoms with Gasteiger partial charge < -0.3 is 16.0 Å². The number of rotatable bonds is 6. The topological polar surface area (TPSA) is 75.4 Å². The highest BCUT2D eigenvalue weighted by atomic mass is 16.2. The van der Waals surface area contributed by atoms with Gasteiger partial charge in [-0.05, 0) is 30.7 Å². The number of carbonyl (C=O) groups excluding carboxylic acids is 2. The SMILES string of the molecule is CN(C)C(=O)CCCNc1ccc(C(N)=O)cc1. The van der Waals surface area contributed by atoms with Crippen molar-refractivity contribution in [3.8, 4) is 0 Å². The quantitative estimate of drug-likeness (QED) is 0.740. The van der Waals surface area contributed by atoms with E-state index in [4.69, 9.17) is 5.73 Å². The average molecular weight is 249 g/mol. The lowest BCUT2D eigenvalue weighted by Gasteiger charge is -2.10. The van der Waals surface area contributed by atoms with E-state index in [2.05, 4.69) is 5.32 Å². The summed E-state index contributed by atoms with van der Waals surface area (Å²) in [4.78, 5) is 23.8. The summed E-state index contributed by atoms with van der Waals surface area (Å²) in [5, 5.41) is 3.18. The van der Waals surface area contributed by atoms with E-state index in [0.29, 0.717) is 12.0 Å². The van der Waals surface area contributed by atoms with Crippen LogP contribution in [0.15, 0.2) is 24.3 Å². The zero-order valence-corrected chi connectivity index (χ0v) is 10.8. The predicted octanol–water partition coefficient (Wildman–Crippen LogP) is 1.07. The molecule has 0 heterocycles. The smallest absolute Gasteiger partial charge is 0.248 e. The number of anilines is 1. The highest BCUT2D eigenvalue weighted by Gasteiger charge is 2.03. The standard InChI is InChI=1S/C13H19N3O2/c1-16(2)12(17)4-3-9-15-11-7-5-10(6-8-11)13(14)18/h5-8,15H,3-4,9H2,1-2H3,(H2,14,18). The summed E-state index contributed by atoms with van der Waals surface area (Å²) in [7, 11) is 3.50. The Bertz CT molecular complexity index is 413. The van der Waals surface area contributed by atoms with Crippen LogP contribution in [-0.2, 0) is 4.79 Å². The van der Waals surface area contributed by atoms with E-state index >= 15 is 0 Å². The monoisotopic (exact) mass is 249 g/mol. The normalized spacial score (nSPS) is 9.89. The highest BCUT2D eigenvalue weighted by Crippen LogP contribution is 2.09. The van der Waals surface area contributed by atoms with Crippen molar-refractivity contribution >= 4 is 17.5 Å². The molecule has 0 radical (unpaired) electrons. The third-order valence-corrected chi connectivity index (χ3v) is 2.56. The second-order valence-corrected chi connectivity index (χ2v) is 4.26. The first kappa shape index (κ1) is 14.0. The fourth-order valence-electron chi connectivity index (χ4n) is 1.45. The maximum Gasteiger partial charge on any atom is 0.248 e. The van der Waals surface area contributed by atoms with E-state index in [0.717, 1.165) is 18.7 Å². The molecule has 0 aromatic heterocycles. The Balaban J connectivity index is 2.31. The molecule has 18 heavy (non-hydrogen) atoms. The molecule has 5 nitrogen and oxygen atoms in total. The predicted molar refractivity (Wildman–Crippen MR) is 71.4 cm³/mol. The molecule has 0 spiro atoms. The average Bonchev–Trinajstić information content (AvgIpc) is 2.34. The van der Waals surface area contributed by atoms with Gasteiger partial charge in [-0.2, -0.15) is 0 Å². The molecule has 3 N–H and O–H groups in total. The number of carbonyl (C=O) groups is 2. The number of benzene rings is 1. The Morgan fingerprint density at radius 3 is 2.33 bits per heavy atom. The molecular formula is C13H19N3O2. The van der Waals surface area contributed by atoms with Crippen LogP contribution in [-0.4, -0.2) is 37.4 Å². The number of nitrogens with two attached hydrogens (primary N) is 1. The molecule has 0 saturated heterocycles. The third-order valence-electron chi connectivity index (χ3n) is 2.56. The first-order valence-electron chi connectivity index (χ1n) is 5.84. The highest BCUT2D eigenvalue weighted by molar-refractivity contribution is 5.93. The maximum absolute atomic E-state index is 11.3. The molecule has 0 aliphatic rings. The van der Waals surface area contributed by atoms with Crippen molar-refractivity contribution in [2.45, 2.75) is 12.8 Å². The number of nitrogens with one attached hydrogen (secondary N) is 1. The largest absolute Gasteiger partial charge is 0.385 e. The Kier molecular flexibility index (Phi) is 5.17. The Morgan fingerprint density at radius 1 is 1.22 bits per heavy atom. The van der Waals surface area contributed by atoms with Gasteiger partial charge in [-0.3, -0.25) is 9.59 Å². The molecule has 1 aromatic rings. The van der Waals surface area contributed by atoms with Crippen molar-refractivity contribution in [1.82, 2.24) is 4.90 Å². The molecule has 2 amide bonds. The zero-order valence-electron chi connectivity index (χ0n) is 10.8. The fourth-order valence-corrected chi connectivity index (χ4v) is 1.45. The summed E-state index contributed by atoms with van der Waals surface area (Å²) in [5.41, 5.74) is 6.55. The van der Waals surface area contributed by atoms with Crippen LogP contribution in [0, 0.1) is 0 Å².